The van der Waals surface area contributed by atoms with E-state index in [4.69, 9.17) is 5.73 Å². The van der Waals surface area contributed by atoms with E-state index in [9.17, 15) is 4.79 Å². The third-order valence-electron chi connectivity index (χ3n) is 2.71. The van der Waals surface area contributed by atoms with Crippen LogP contribution in [0, 0.1) is 0 Å². The highest BCUT2D eigenvalue weighted by molar-refractivity contribution is 5.75. The molecule has 0 aliphatic carbocycles. The number of likely N-dealkylation sites (N-methyl/N-ethyl adjacent to an activating group) is 1. The fourth-order valence-corrected chi connectivity index (χ4v) is 1.42. The second-order valence-corrected chi connectivity index (χ2v) is 4.20. The van der Waals surface area contributed by atoms with E-state index in [-0.39, 0.29) is 5.91 Å². The Hall–Kier alpha value is -0.610. The average molecular weight is 229 g/mol. The predicted molar refractivity (Wildman–Crippen MR) is 68.3 cm³/mol. The van der Waals surface area contributed by atoms with Gasteiger partial charge in [-0.25, -0.2) is 0 Å². The van der Waals surface area contributed by atoms with E-state index in [1.54, 1.807) is 0 Å². The molecule has 0 aromatic carbocycles. The Morgan fingerprint density at radius 2 is 1.94 bits per heavy atom. The van der Waals surface area contributed by atoms with Gasteiger partial charge in [-0.15, -0.1) is 0 Å². The zero-order valence-electron chi connectivity index (χ0n) is 10.8. The van der Waals surface area contributed by atoms with Crippen molar-refractivity contribution in [1.82, 2.24) is 10.2 Å². The molecule has 0 unspecified atom stereocenters. The van der Waals surface area contributed by atoms with Crippen molar-refractivity contribution in [3.05, 3.63) is 0 Å². The van der Waals surface area contributed by atoms with Gasteiger partial charge in [0.1, 0.15) is 0 Å². The summed E-state index contributed by atoms with van der Waals surface area (Å²) >= 11 is 0. The number of amides is 1. The van der Waals surface area contributed by atoms with Gasteiger partial charge in [0, 0.05) is 19.5 Å². The van der Waals surface area contributed by atoms with Crippen molar-refractivity contribution in [3.63, 3.8) is 0 Å². The molecule has 4 heteroatoms. The zero-order valence-corrected chi connectivity index (χ0v) is 10.8. The normalized spacial score (nSPS) is 10.8. The fraction of sp³-hybridized carbons (Fsp3) is 0.917. The molecule has 0 radical (unpaired) electrons. The third kappa shape index (κ3) is 9.93. The van der Waals surface area contributed by atoms with E-state index in [0.29, 0.717) is 6.42 Å². The van der Waals surface area contributed by atoms with E-state index in [1.165, 1.54) is 0 Å². The summed E-state index contributed by atoms with van der Waals surface area (Å²) in [6.45, 7) is 5.57. The number of nitrogens with two attached hydrogens (primary N) is 1. The van der Waals surface area contributed by atoms with Gasteiger partial charge in [-0.3, -0.25) is 4.79 Å². The zero-order chi connectivity index (χ0) is 12.2. The molecule has 4 nitrogen and oxygen atoms in total. The van der Waals surface area contributed by atoms with Crippen LogP contribution in [0.2, 0.25) is 0 Å². The molecule has 1 amide bonds. The lowest BCUT2D eigenvalue weighted by Gasteiger charge is -2.13. The minimum Gasteiger partial charge on any atom is -0.355 e. The first-order chi connectivity index (χ1) is 7.70. The minimum absolute atomic E-state index is 0.178. The van der Waals surface area contributed by atoms with Crippen molar-refractivity contribution in [2.45, 2.75) is 39.0 Å². The Balaban J connectivity index is 3.24. The molecule has 0 fully saturated rings. The van der Waals surface area contributed by atoms with E-state index < -0.39 is 0 Å². The van der Waals surface area contributed by atoms with Crippen LogP contribution < -0.4 is 11.1 Å². The highest BCUT2D eigenvalue weighted by Crippen LogP contribution is 2.01. The van der Waals surface area contributed by atoms with Crippen molar-refractivity contribution in [1.29, 1.82) is 0 Å². The van der Waals surface area contributed by atoms with Crippen LogP contribution >= 0.6 is 0 Å². The van der Waals surface area contributed by atoms with Crippen molar-refractivity contribution in [3.8, 4) is 0 Å². The second kappa shape index (κ2) is 10.9. The lowest BCUT2D eigenvalue weighted by atomic mass is 10.1. The van der Waals surface area contributed by atoms with Crippen molar-refractivity contribution in [2.75, 3.05) is 33.2 Å². The second-order valence-electron chi connectivity index (χ2n) is 4.20. The maximum Gasteiger partial charge on any atom is 0.220 e. The first-order valence-electron chi connectivity index (χ1n) is 6.36. The number of carbonyl (C=O) groups excluding carboxylic acids is 1. The van der Waals surface area contributed by atoms with E-state index in [1.807, 2.05) is 0 Å². The summed E-state index contributed by atoms with van der Waals surface area (Å²) in [5.41, 5.74) is 5.39. The van der Waals surface area contributed by atoms with Gasteiger partial charge in [0.2, 0.25) is 5.91 Å². The lowest BCUT2D eigenvalue weighted by Crippen LogP contribution is -2.32. The minimum atomic E-state index is 0.178. The summed E-state index contributed by atoms with van der Waals surface area (Å²) in [6, 6.07) is 0. The molecule has 0 aromatic rings. The summed E-state index contributed by atoms with van der Waals surface area (Å²) in [4.78, 5) is 13.6. The molecule has 0 aromatic heterocycles. The molecule has 3 N–H and O–H groups in total. The molecule has 0 heterocycles. The molecule has 0 aliphatic rings. The van der Waals surface area contributed by atoms with Gasteiger partial charge in [-0.2, -0.15) is 0 Å². The Labute approximate surface area is 99.6 Å². The van der Waals surface area contributed by atoms with Crippen LogP contribution in [0.4, 0.5) is 0 Å². The standard InChI is InChI=1S/C12H27N3O/c1-3-15(2)11-10-14-12(16)8-6-4-5-7-9-13/h3-11,13H2,1-2H3,(H,14,16). The van der Waals surface area contributed by atoms with E-state index >= 15 is 0 Å². The largest absolute Gasteiger partial charge is 0.355 e. The van der Waals surface area contributed by atoms with Crippen LogP contribution in [0.15, 0.2) is 0 Å². The summed E-state index contributed by atoms with van der Waals surface area (Å²) < 4.78 is 0. The van der Waals surface area contributed by atoms with E-state index in [0.717, 1.165) is 51.9 Å². The summed E-state index contributed by atoms with van der Waals surface area (Å²) in [6.07, 6.45) is 4.96. The van der Waals surface area contributed by atoms with Crippen LogP contribution in [-0.4, -0.2) is 44.0 Å². The van der Waals surface area contributed by atoms with Gasteiger partial charge in [0.05, 0.1) is 0 Å². The average Bonchev–Trinajstić information content (AvgIpc) is 2.28. The number of carbonyl (C=O) groups is 1. The van der Waals surface area contributed by atoms with Crippen LogP contribution in [-0.2, 0) is 4.79 Å². The van der Waals surface area contributed by atoms with Crippen LogP contribution in [0.3, 0.4) is 0 Å². The predicted octanol–water partition coefficient (Wildman–Crippen LogP) is 0.964. The molecule has 96 valence electrons. The van der Waals surface area contributed by atoms with Crippen molar-refractivity contribution < 1.29 is 4.79 Å². The van der Waals surface area contributed by atoms with Gasteiger partial charge in [0.15, 0.2) is 0 Å². The summed E-state index contributed by atoms with van der Waals surface area (Å²) in [5.74, 6) is 0.178. The highest BCUT2D eigenvalue weighted by atomic mass is 16.1. The topological polar surface area (TPSA) is 58.4 Å². The van der Waals surface area contributed by atoms with Crippen LogP contribution in [0.1, 0.15) is 39.0 Å². The number of hydrogen-bond donors (Lipinski definition) is 2. The summed E-state index contributed by atoms with van der Waals surface area (Å²) in [5, 5.41) is 2.93. The van der Waals surface area contributed by atoms with Crippen LogP contribution in [0.5, 0.6) is 0 Å². The molecular formula is C12H27N3O. The van der Waals surface area contributed by atoms with Gasteiger partial charge in [-0.1, -0.05) is 19.8 Å². The highest BCUT2D eigenvalue weighted by Gasteiger charge is 2.01. The molecule has 0 bridgehead atoms. The first kappa shape index (κ1) is 15.4. The quantitative estimate of drug-likeness (QED) is 0.549. The Bertz CT molecular complexity index is 174. The Morgan fingerprint density at radius 1 is 1.25 bits per heavy atom. The Kier molecular flexibility index (Phi) is 10.5. The van der Waals surface area contributed by atoms with Gasteiger partial charge < -0.3 is 16.0 Å². The lowest BCUT2D eigenvalue weighted by molar-refractivity contribution is -0.121. The van der Waals surface area contributed by atoms with Crippen molar-refractivity contribution in [2.24, 2.45) is 5.73 Å². The molecule has 0 atom stereocenters. The maximum atomic E-state index is 11.4. The monoisotopic (exact) mass is 229 g/mol. The maximum absolute atomic E-state index is 11.4. The first-order valence-corrected chi connectivity index (χ1v) is 6.36. The molecule has 0 aliphatic heterocycles. The molecule has 0 saturated carbocycles. The molecule has 16 heavy (non-hydrogen) atoms. The SMILES string of the molecule is CCN(C)CCNC(=O)CCCCCCN. The smallest absolute Gasteiger partial charge is 0.220 e. The third-order valence-corrected chi connectivity index (χ3v) is 2.71. The van der Waals surface area contributed by atoms with Gasteiger partial charge in [0.25, 0.3) is 0 Å². The number of nitrogens with zero attached hydrogens (tertiary/aromatic N) is 1. The molecule has 0 saturated heterocycles. The van der Waals surface area contributed by atoms with Crippen LogP contribution in [0.25, 0.3) is 0 Å². The number of nitrogens with one attached hydrogen (secondary N) is 1. The van der Waals surface area contributed by atoms with E-state index in [2.05, 4.69) is 24.2 Å². The summed E-state index contributed by atoms with van der Waals surface area (Å²) in [7, 11) is 2.05. The number of hydrogen-bond acceptors (Lipinski definition) is 3. The van der Waals surface area contributed by atoms with Gasteiger partial charge in [-0.05, 0) is 33.0 Å². The fourth-order valence-electron chi connectivity index (χ4n) is 1.42. The molecule has 0 rings (SSSR count). The van der Waals surface area contributed by atoms with Crippen molar-refractivity contribution >= 4 is 5.91 Å². The Morgan fingerprint density at radius 3 is 2.56 bits per heavy atom. The molecular weight excluding hydrogens is 202 g/mol. The molecule has 0 spiro atoms. The number of rotatable bonds is 10. The van der Waals surface area contributed by atoms with Gasteiger partial charge >= 0.3 is 0 Å². The number of unbranched alkanes of at least 4 members (excludes halogenated alkanes) is 3.